The largest absolute Gasteiger partial charge is 0.462 e. The summed E-state index contributed by atoms with van der Waals surface area (Å²) in [5.41, 5.74) is 0.356. The molecule has 0 radical (unpaired) electrons. The molecule has 136 valence electrons. The lowest BCUT2D eigenvalue weighted by molar-refractivity contribution is -0.119. The quantitative estimate of drug-likeness (QED) is 0.798. The van der Waals surface area contributed by atoms with Gasteiger partial charge in [0, 0.05) is 11.8 Å². The van der Waals surface area contributed by atoms with Gasteiger partial charge >= 0.3 is 11.9 Å². The fourth-order valence-electron chi connectivity index (χ4n) is 1.99. The van der Waals surface area contributed by atoms with Crippen LogP contribution in [0.4, 0.5) is 14.5 Å². The molecule has 0 saturated heterocycles. The molecule has 1 N–H and O–H groups in total. The summed E-state index contributed by atoms with van der Waals surface area (Å²) in [7, 11) is 0. The van der Waals surface area contributed by atoms with E-state index in [9.17, 15) is 23.2 Å². The Hall–Kier alpha value is -3.29. The molecule has 26 heavy (non-hydrogen) atoms. The highest BCUT2D eigenvalue weighted by atomic mass is 19.1. The summed E-state index contributed by atoms with van der Waals surface area (Å²) in [4.78, 5) is 35.0. The molecule has 0 heterocycles. The number of ether oxygens (including phenoxy) is 2. The lowest BCUT2D eigenvalue weighted by atomic mass is 10.2. The van der Waals surface area contributed by atoms with Crippen LogP contribution in [0.25, 0.3) is 0 Å². The summed E-state index contributed by atoms with van der Waals surface area (Å²) in [6.07, 6.45) is 0. The van der Waals surface area contributed by atoms with Crippen LogP contribution in [0.3, 0.4) is 0 Å². The topological polar surface area (TPSA) is 81.7 Å². The van der Waals surface area contributed by atoms with Gasteiger partial charge < -0.3 is 14.8 Å². The van der Waals surface area contributed by atoms with Crippen molar-refractivity contribution in [3.05, 3.63) is 65.2 Å². The number of benzene rings is 2. The number of hydrogen-bond donors (Lipinski definition) is 1. The van der Waals surface area contributed by atoms with E-state index >= 15 is 0 Å². The second-order valence-electron chi connectivity index (χ2n) is 5.08. The molecule has 1 amide bonds. The normalized spacial score (nSPS) is 10.1. The summed E-state index contributed by atoms with van der Waals surface area (Å²) < 4.78 is 35.6. The van der Waals surface area contributed by atoms with Crippen molar-refractivity contribution in [2.75, 3.05) is 18.5 Å². The first-order chi connectivity index (χ1) is 12.4. The molecule has 2 aromatic rings. The predicted octanol–water partition coefficient (Wildman–Crippen LogP) is 2.94. The van der Waals surface area contributed by atoms with Gasteiger partial charge in [-0.25, -0.2) is 18.4 Å². The fourth-order valence-corrected chi connectivity index (χ4v) is 1.99. The third kappa shape index (κ3) is 5.37. The highest BCUT2D eigenvalue weighted by Crippen LogP contribution is 2.12. The second-order valence-corrected chi connectivity index (χ2v) is 5.08. The van der Waals surface area contributed by atoms with Crippen molar-refractivity contribution in [3.63, 3.8) is 0 Å². The lowest BCUT2D eigenvalue weighted by Crippen LogP contribution is -2.21. The first-order valence-electron chi connectivity index (χ1n) is 7.59. The van der Waals surface area contributed by atoms with Gasteiger partial charge in [-0.15, -0.1) is 0 Å². The number of nitrogens with one attached hydrogen (secondary N) is 1. The number of carbonyl (C=O) groups is 3. The van der Waals surface area contributed by atoms with Crippen LogP contribution >= 0.6 is 0 Å². The zero-order chi connectivity index (χ0) is 19.1. The van der Waals surface area contributed by atoms with Crippen LogP contribution in [0.15, 0.2) is 42.5 Å². The van der Waals surface area contributed by atoms with Gasteiger partial charge in [0.25, 0.3) is 5.91 Å². The van der Waals surface area contributed by atoms with Crippen molar-refractivity contribution in [1.29, 1.82) is 0 Å². The minimum atomic E-state index is -1.03. The van der Waals surface area contributed by atoms with E-state index in [0.717, 1.165) is 12.1 Å². The molecule has 0 bridgehead atoms. The average Bonchev–Trinajstić information content (AvgIpc) is 2.59. The van der Waals surface area contributed by atoms with Gasteiger partial charge in [-0.1, -0.05) is 0 Å². The van der Waals surface area contributed by atoms with E-state index in [0.29, 0.717) is 17.3 Å². The number of esters is 2. The maximum Gasteiger partial charge on any atom is 0.338 e. The number of halogens is 2. The predicted molar refractivity (Wildman–Crippen MR) is 87.7 cm³/mol. The van der Waals surface area contributed by atoms with E-state index in [2.05, 4.69) is 5.32 Å². The number of rotatable bonds is 6. The van der Waals surface area contributed by atoms with Gasteiger partial charge in [0.1, 0.15) is 11.6 Å². The van der Waals surface area contributed by atoms with Crippen molar-refractivity contribution in [2.24, 2.45) is 0 Å². The number of amides is 1. The van der Waals surface area contributed by atoms with E-state index in [-0.39, 0.29) is 12.2 Å². The molecule has 0 spiro atoms. The van der Waals surface area contributed by atoms with Gasteiger partial charge in [-0.3, -0.25) is 4.79 Å². The van der Waals surface area contributed by atoms with E-state index in [4.69, 9.17) is 9.47 Å². The third-order valence-corrected chi connectivity index (χ3v) is 3.11. The maximum atomic E-state index is 13.1. The van der Waals surface area contributed by atoms with Crippen molar-refractivity contribution < 1.29 is 32.6 Å². The van der Waals surface area contributed by atoms with Crippen LogP contribution < -0.4 is 5.32 Å². The number of hydrogen-bond acceptors (Lipinski definition) is 5. The Morgan fingerprint density at radius 3 is 2.04 bits per heavy atom. The summed E-state index contributed by atoms with van der Waals surface area (Å²) in [5, 5.41) is 2.45. The molecule has 2 aromatic carbocycles. The molecular formula is C18H15F2NO5. The average molecular weight is 363 g/mol. The molecule has 0 saturated carbocycles. The molecule has 2 rings (SSSR count). The summed E-state index contributed by atoms with van der Waals surface area (Å²) in [6.45, 7) is 1.29. The summed E-state index contributed by atoms with van der Waals surface area (Å²) in [6, 6.07) is 8.12. The van der Waals surface area contributed by atoms with Gasteiger partial charge in [-0.2, -0.15) is 0 Å². The Morgan fingerprint density at radius 1 is 0.885 bits per heavy atom. The highest BCUT2D eigenvalue weighted by molar-refractivity contribution is 5.96. The van der Waals surface area contributed by atoms with E-state index < -0.39 is 36.1 Å². The van der Waals surface area contributed by atoms with Gasteiger partial charge in [0.2, 0.25) is 0 Å². The monoisotopic (exact) mass is 363 g/mol. The van der Waals surface area contributed by atoms with E-state index in [1.54, 1.807) is 6.92 Å². The molecular weight excluding hydrogens is 348 g/mol. The zero-order valence-electron chi connectivity index (χ0n) is 13.8. The van der Waals surface area contributed by atoms with Crippen LogP contribution in [-0.2, 0) is 14.3 Å². The number of carbonyl (C=O) groups excluding carboxylic acids is 3. The van der Waals surface area contributed by atoms with Crippen LogP contribution in [-0.4, -0.2) is 31.1 Å². The molecule has 0 fully saturated rings. The summed E-state index contributed by atoms with van der Waals surface area (Å²) in [5.74, 6) is -4.02. The minimum Gasteiger partial charge on any atom is -0.462 e. The van der Waals surface area contributed by atoms with E-state index in [1.165, 1.54) is 24.3 Å². The van der Waals surface area contributed by atoms with Crippen molar-refractivity contribution >= 4 is 23.5 Å². The van der Waals surface area contributed by atoms with Crippen LogP contribution in [0, 0.1) is 11.6 Å². The first kappa shape index (κ1) is 19.0. The van der Waals surface area contributed by atoms with Crippen LogP contribution in [0.2, 0.25) is 0 Å². The number of anilines is 1. The van der Waals surface area contributed by atoms with Crippen LogP contribution in [0.1, 0.15) is 27.6 Å². The van der Waals surface area contributed by atoms with Crippen molar-refractivity contribution in [1.82, 2.24) is 0 Å². The third-order valence-electron chi connectivity index (χ3n) is 3.11. The Bertz CT molecular complexity index is 801. The van der Waals surface area contributed by atoms with Crippen molar-refractivity contribution in [3.8, 4) is 0 Å². The highest BCUT2D eigenvalue weighted by Gasteiger charge is 2.13. The van der Waals surface area contributed by atoms with Gasteiger partial charge in [0.15, 0.2) is 6.61 Å². The minimum absolute atomic E-state index is 0.248. The standard InChI is InChI=1S/C18H15F2NO5/c1-2-25-17(23)11-3-5-15(6-4-11)21-16(22)10-26-18(24)12-7-13(19)9-14(20)8-12/h3-9H,2,10H2,1H3,(H,21,22). The lowest BCUT2D eigenvalue weighted by Gasteiger charge is -2.08. The zero-order valence-corrected chi connectivity index (χ0v) is 13.8. The summed E-state index contributed by atoms with van der Waals surface area (Å²) >= 11 is 0. The van der Waals surface area contributed by atoms with Gasteiger partial charge in [-0.05, 0) is 43.3 Å². The Morgan fingerprint density at radius 2 is 1.46 bits per heavy atom. The molecule has 0 aliphatic rings. The molecule has 0 atom stereocenters. The molecule has 8 heteroatoms. The first-order valence-corrected chi connectivity index (χ1v) is 7.59. The molecule has 0 unspecified atom stereocenters. The van der Waals surface area contributed by atoms with Crippen molar-refractivity contribution in [2.45, 2.75) is 6.92 Å². The molecule has 6 nitrogen and oxygen atoms in total. The fraction of sp³-hybridized carbons (Fsp3) is 0.167. The molecule has 0 aliphatic carbocycles. The SMILES string of the molecule is CCOC(=O)c1ccc(NC(=O)COC(=O)c2cc(F)cc(F)c2)cc1. The Kier molecular flexibility index (Phi) is 6.37. The van der Waals surface area contributed by atoms with Crippen LogP contribution in [0.5, 0.6) is 0 Å². The molecule has 0 aliphatic heterocycles. The maximum absolute atomic E-state index is 13.1. The molecule has 0 aromatic heterocycles. The Labute approximate surface area is 147 Å². The second kappa shape index (κ2) is 8.70. The van der Waals surface area contributed by atoms with E-state index in [1.807, 2.05) is 0 Å². The smallest absolute Gasteiger partial charge is 0.338 e. The Balaban J connectivity index is 1.88. The van der Waals surface area contributed by atoms with Gasteiger partial charge in [0.05, 0.1) is 17.7 Å².